The van der Waals surface area contributed by atoms with Crippen molar-refractivity contribution in [1.29, 1.82) is 0 Å². The van der Waals surface area contributed by atoms with Crippen LogP contribution in [0.4, 0.5) is 8.78 Å². The number of benzene rings is 2. The lowest BCUT2D eigenvalue weighted by atomic mass is 9.95. The zero-order chi connectivity index (χ0) is 24.5. The molecule has 2 aliphatic heterocycles. The highest BCUT2D eigenvalue weighted by Crippen LogP contribution is 2.33. The van der Waals surface area contributed by atoms with Crippen LogP contribution in [0.3, 0.4) is 0 Å². The monoisotopic (exact) mass is 490 g/mol. The van der Waals surface area contributed by atoms with Gasteiger partial charge in [0.1, 0.15) is 17.4 Å². The number of hydrogen-bond donors (Lipinski definition) is 1. The lowest BCUT2D eigenvalue weighted by Gasteiger charge is -2.26. The van der Waals surface area contributed by atoms with Crippen LogP contribution in [0.5, 0.6) is 5.75 Å². The number of carbonyl (C=O) groups is 1. The zero-order valence-corrected chi connectivity index (χ0v) is 19.2. The summed E-state index contributed by atoms with van der Waals surface area (Å²) in [5.74, 6) is -1.23. The third-order valence-corrected chi connectivity index (χ3v) is 7.77. The second-order valence-corrected chi connectivity index (χ2v) is 10.0. The van der Waals surface area contributed by atoms with Gasteiger partial charge in [-0.3, -0.25) is 4.79 Å². The van der Waals surface area contributed by atoms with E-state index < -0.39 is 22.6 Å². The number of rotatable bonds is 7. The summed E-state index contributed by atoms with van der Waals surface area (Å²) in [4.78, 5) is 14.9. The van der Waals surface area contributed by atoms with Gasteiger partial charge >= 0.3 is 6.61 Å². The molecule has 7 nitrogen and oxygen atoms in total. The van der Waals surface area contributed by atoms with Crippen LogP contribution in [0.2, 0.25) is 0 Å². The Morgan fingerprint density at radius 2 is 1.59 bits per heavy atom. The van der Waals surface area contributed by atoms with E-state index in [1.165, 1.54) is 34.6 Å². The van der Waals surface area contributed by atoms with E-state index in [9.17, 15) is 27.1 Å². The normalized spacial score (nSPS) is 17.9. The van der Waals surface area contributed by atoms with Crippen molar-refractivity contribution in [3.8, 4) is 5.75 Å². The minimum atomic E-state index is -3.84. The number of halogens is 2. The van der Waals surface area contributed by atoms with Crippen molar-refractivity contribution in [2.45, 2.75) is 24.3 Å². The first-order valence-corrected chi connectivity index (χ1v) is 12.1. The fourth-order valence-corrected chi connectivity index (χ4v) is 5.68. The molecule has 34 heavy (non-hydrogen) atoms. The number of alkyl halides is 2. The smallest absolute Gasteiger partial charge is 0.387 e. The number of carbonyl (C=O) groups excluding carboxylic acids is 1. The minimum Gasteiger partial charge on any atom is -0.511 e. The number of nitrogens with zero attached hydrogens (tertiary/aromatic N) is 2. The Hall–Kier alpha value is -3.24. The van der Waals surface area contributed by atoms with Crippen LogP contribution in [-0.4, -0.2) is 61.4 Å². The highest BCUT2D eigenvalue weighted by atomic mass is 32.2. The standard InChI is InChI=1S/C24H24F2N2O5S/c1-2-21(29)22(16-6-4-3-5-7-16)23(30)27-12-17-14-28(15-18(17)13-27)34(31,32)20-10-8-19(9-11-20)33-24(25)26/h2-11,22,24,29H,12-15H2,1H3/b21-2+/t22-/m1/s1. The first kappa shape index (κ1) is 23.9. The second-order valence-electron chi connectivity index (χ2n) is 8.08. The van der Waals surface area contributed by atoms with Crippen molar-refractivity contribution in [2.75, 3.05) is 26.2 Å². The van der Waals surface area contributed by atoms with E-state index in [1.807, 2.05) is 6.07 Å². The number of amides is 1. The molecule has 0 saturated heterocycles. The van der Waals surface area contributed by atoms with E-state index in [-0.39, 0.29) is 48.5 Å². The molecule has 0 bridgehead atoms. The average molecular weight is 491 g/mol. The predicted molar refractivity (Wildman–Crippen MR) is 121 cm³/mol. The summed E-state index contributed by atoms with van der Waals surface area (Å²) in [6.07, 6.45) is 1.50. The molecular formula is C24H24F2N2O5S. The van der Waals surface area contributed by atoms with Gasteiger partial charge in [0.25, 0.3) is 0 Å². The molecule has 0 spiro atoms. The van der Waals surface area contributed by atoms with E-state index in [4.69, 9.17) is 0 Å². The Morgan fingerprint density at radius 1 is 1.00 bits per heavy atom. The van der Waals surface area contributed by atoms with Crippen molar-refractivity contribution in [3.63, 3.8) is 0 Å². The molecule has 2 heterocycles. The van der Waals surface area contributed by atoms with Crippen molar-refractivity contribution in [1.82, 2.24) is 9.21 Å². The molecule has 0 fully saturated rings. The fourth-order valence-electron chi connectivity index (χ4n) is 4.25. The topological polar surface area (TPSA) is 87.2 Å². The third-order valence-electron chi connectivity index (χ3n) is 5.97. The zero-order valence-electron chi connectivity index (χ0n) is 18.4. The van der Waals surface area contributed by atoms with Gasteiger partial charge in [-0.25, -0.2) is 8.42 Å². The lowest BCUT2D eigenvalue weighted by molar-refractivity contribution is -0.131. The van der Waals surface area contributed by atoms with Gasteiger partial charge in [0.2, 0.25) is 15.9 Å². The van der Waals surface area contributed by atoms with Crippen LogP contribution in [0.25, 0.3) is 0 Å². The summed E-state index contributed by atoms with van der Waals surface area (Å²) in [6, 6.07) is 13.8. The van der Waals surface area contributed by atoms with Crippen molar-refractivity contribution in [2.24, 2.45) is 0 Å². The van der Waals surface area contributed by atoms with E-state index in [0.29, 0.717) is 5.56 Å². The molecule has 180 valence electrons. The van der Waals surface area contributed by atoms with Crippen molar-refractivity contribution >= 4 is 15.9 Å². The van der Waals surface area contributed by atoms with Crippen LogP contribution < -0.4 is 4.74 Å². The molecule has 0 unspecified atom stereocenters. The number of allylic oxidation sites excluding steroid dienone is 1. The van der Waals surface area contributed by atoms with Gasteiger partial charge in [0.15, 0.2) is 0 Å². The maximum Gasteiger partial charge on any atom is 0.387 e. The van der Waals surface area contributed by atoms with Crippen LogP contribution >= 0.6 is 0 Å². The van der Waals surface area contributed by atoms with Crippen LogP contribution in [0.1, 0.15) is 18.4 Å². The lowest BCUT2D eigenvalue weighted by Crippen LogP contribution is -2.38. The number of sulfonamides is 1. The van der Waals surface area contributed by atoms with E-state index in [1.54, 1.807) is 36.1 Å². The number of aliphatic hydroxyl groups is 1. The summed E-state index contributed by atoms with van der Waals surface area (Å²) in [5.41, 5.74) is 2.38. The SMILES string of the molecule is C/C=C(/O)[C@H](C(=O)N1CC2=C(C1)CN(S(=O)(=O)c1ccc(OC(F)F)cc1)C2)c1ccccc1. The first-order valence-electron chi connectivity index (χ1n) is 10.6. The van der Waals surface area contributed by atoms with E-state index in [2.05, 4.69) is 4.74 Å². The molecule has 0 aromatic heterocycles. The minimum absolute atomic E-state index is 0.0228. The molecule has 0 aliphatic carbocycles. The van der Waals surface area contributed by atoms with Gasteiger partial charge in [0, 0.05) is 26.2 Å². The predicted octanol–water partition coefficient (Wildman–Crippen LogP) is 3.68. The Kier molecular flexibility index (Phi) is 6.72. The quantitative estimate of drug-likeness (QED) is 0.473. The molecular weight excluding hydrogens is 466 g/mol. The molecule has 2 aromatic rings. The highest BCUT2D eigenvalue weighted by Gasteiger charge is 2.39. The molecule has 10 heteroatoms. The average Bonchev–Trinajstić information content (AvgIpc) is 3.40. The molecule has 0 saturated carbocycles. The molecule has 2 aliphatic rings. The Labute approximate surface area is 196 Å². The third kappa shape index (κ3) is 4.69. The molecule has 1 atom stereocenters. The summed E-state index contributed by atoms with van der Waals surface area (Å²) >= 11 is 0. The van der Waals surface area contributed by atoms with Gasteiger partial charge < -0.3 is 14.7 Å². The van der Waals surface area contributed by atoms with Gasteiger partial charge in [-0.2, -0.15) is 13.1 Å². The summed E-state index contributed by atoms with van der Waals surface area (Å²) in [6.45, 7) is -0.487. The number of hydrogen-bond acceptors (Lipinski definition) is 5. The Bertz CT molecular complexity index is 1210. The maximum atomic E-state index is 13.3. The van der Waals surface area contributed by atoms with Crippen LogP contribution in [0, 0.1) is 0 Å². The van der Waals surface area contributed by atoms with Crippen LogP contribution in [-0.2, 0) is 14.8 Å². The largest absolute Gasteiger partial charge is 0.511 e. The first-order chi connectivity index (χ1) is 16.2. The van der Waals surface area contributed by atoms with E-state index >= 15 is 0 Å². The number of ether oxygens (including phenoxy) is 1. The van der Waals surface area contributed by atoms with Crippen molar-refractivity contribution in [3.05, 3.63) is 83.1 Å². The molecule has 1 amide bonds. The van der Waals surface area contributed by atoms with Crippen LogP contribution in [0.15, 0.2) is 82.5 Å². The van der Waals surface area contributed by atoms with Gasteiger partial charge in [-0.05, 0) is 54.0 Å². The van der Waals surface area contributed by atoms with Gasteiger partial charge in [0.05, 0.1) is 4.90 Å². The van der Waals surface area contributed by atoms with Gasteiger partial charge in [-0.1, -0.05) is 30.3 Å². The fraction of sp³-hybridized carbons (Fsp3) is 0.292. The van der Waals surface area contributed by atoms with Gasteiger partial charge in [-0.15, -0.1) is 0 Å². The summed E-state index contributed by atoms with van der Waals surface area (Å²) in [5, 5.41) is 10.4. The molecule has 0 radical (unpaired) electrons. The maximum absolute atomic E-state index is 13.3. The molecule has 4 rings (SSSR count). The number of aliphatic hydroxyl groups excluding tert-OH is 1. The van der Waals surface area contributed by atoms with E-state index in [0.717, 1.165) is 11.1 Å². The molecule has 2 aromatic carbocycles. The Balaban J connectivity index is 1.44. The highest BCUT2D eigenvalue weighted by molar-refractivity contribution is 7.89. The summed E-state index contributed by atoms with van der Waals surface area (Å²) in [7, 11) is -3.84. The second kappa shape index (κ2) is 9.55. The summed E-state index contributed by atoms with van der Waals surface area (Å²) < 4.78 is 56.3. The molecule has 1 N–H and O–H groups in total. The van der Waals surface area contributed by atoms with Crippen molar-refractivity contribution < 1.29 is 31.8 Å². The Morgan fingerprint density at radius 3 is 2.12 bits per heavy atom.